The van der Waals surface area contributed by atoms with Crippen molar-refractivity contribution in [3.8, 4) is 5.75 Å². The van der Waals surface area contributed by atoms with Crippen LogP contribution in [0.25, 0.3) is 11.0 Å². The maximum Gasteiger partial charge on any atom is 0.406 e. The zero-order valence-electron chi connectivity index (χ0n) is 11.5. The molecule has 0 aliphatic carbocycles. The van der Waals surface area contributed by atoms with Gasteiger partial charge < -0.3 is 20.2 Å². The van der Waals surface area contributed by atoms with Gasteiger partial charge in [0.1, 0.15) is 17.2 Å². The van der Waals surface area contributed by atoms with Crippen LogP contribution in [0.4, 0.5) is 11.5 Å². The number of anilines is 1. The highest BCUT2D eigenvalue weighted by Gasteiger charge is 2.17. The van der Waals surface area contributed by atoms with Gasteiger partial charge in [-0.05, 0) is 34.2 Å². The molecule has 0 fully saturated rings. The first-order valence-corrected chi connectivity index (χ1v) is 7.11. The lowest BCUT2D eigenvalue weighted by Gasteiger charge is -2.07. The first-order chi connectivity index (χ1) is 11.1. The normalized spacial score (nSPS) is 10.4. The Balaban J connectivity index is 1.69. The van der Waals surface area contributed by atoms with E-state index in [0.29, 0.717) is 16.7 Å². The molecule has 0 saturated heterocycles. The molecule has 10 heteroatoms. The Bertz CT molecular complexity index is 881. The van der Waals surface area contributed by atoms with Crippen molar-refractivity contribution in [2.75, 3.05) is 11.9 Å². The molecule has 3 aromatic rings. The monoisotopic (exact) mass is 331 g/mol. The van der Waals surface area contributed by atoms with Gasteiger partial charge in [0.05, 0.1) is 17.4 Å². The topological polar surface area (TPSA) is 120 Å². The summed E-state index contributed by atoms with van der Waals surface area (Å²) in [5.41, 5.74) is 1.76. The summed E-state index contributed by atoms with van der Waals surface area (Å²) < 4.78 is 13.4. The van der Waals surface area contributed by atoms with Crippen LogP contribution in [0.15, 0.2) is 36.5 Å². The summed E-state index contributed by atoms with van der Waals surface area (Å²) in [6.07, 6.45) is 1.28. The molecule has 116 valence electrons. The van der Waals surface area contributed by atoms with E-state index in [9.17, 15) is 14.9 Å². The number of nitrogens with zero attached hydrogens (tertiary/aromatic N) is 4. The third-order valence-electron chi connectivity index (χ3n) is 2.84. The Morgan fingerprint density at radius 1 is 1.30 bits per heavy atom. The number of nitrogens with one attached hydrogen (secondary N) is 1. The molecule has 0 bridgehead atoms. The summed E-state index contributed by atoms with van der Waals surface area (Å²) in [4.78, 5) is 25.7. The van der Waals surface area contributed by atoms with Crippen molar-refractivity contribution >= 4 is 40.2 Å². The summed E-state index contributed by atoms with van der Waals surface area (Å²) in [6.45, 7) is -0.388. The molecule has 0 atom stereocenters. The quantitative estimate of drug-likeness (QED) is 0.561. The lowest BCUT2D eigenvalue weighted by atomic mass is 10.2. The molecule has 0 aliphatic heterocycles. The molecule has 0 unspecified atom stereocenters. The lowest BCUT2D eigenvalue weighted by molar-refractivity contribution is -0.390. The van der Waals surface area contributed by atoms with Gasteiger partial charge in [-0.2, -0.15) is 8.75 Å². The summed E-state index contributed by atoms with van der Waals surface area (Å²) in [5.74, 6) is -0.976. The van der Waals surface area contributed by atoms with E-state index in [0.717, 1.165) is 11.7 Å². The Labute approximate surface area is 133 Å². The Morgan fingerprint density at radius 2 is 2.17 bits per heavy atom. The SMILES string of the molecule is O=C(COc1cccnc1[N+](=O)[O-])Nc1cccc2nsnc12. The van der Waals surface area contributed by atoms with E-state index in [1.54, 1.807) is 18.2 Å². The van der Waals surface area contributed by atoms with Crippen LogP contribution in [0.5, 0.6) is 5.75 Å². The van der Waals surface area contributed by atoms with Crippen molar-refractivity contribution in [3.05, 3.63) is 46.6 Å². The zero-order valence-corrected chi connectivity index (χ0v) is 12.3. The molecule has 0 spiro atoms. The average molecular weight is 331 g/mol. The number of carbonyl (C=O) groups excluding carboxylic acids is 1. The molecule has 23 heavy (non-hydrogen) atoms. The van der Waals surface area contributed by atoms with E-state index < -0.39 is 16.6 Å². The standard InChI is InChI=1S/C13H9N5O4S/c19-11(7-22-10-5-2-6-14-13(10)18(20)21)15-8-3-1-4-9-12(8)17-23-16-9/h1-6H,7H2,(H,15,19). The van der Waals surface area contributed by atoms with Crippen LogP contribution in [0, 0.1) is 10.1 Å². The van der Waals surface area contributed by atoms with Crippen LogP contribution in [-0.2, 0) is 4.79 Å². The smallest absolute Gasteiger partial charge is 0.406 e. The molecule has 0 radical (unpaired) electrons. The van der Waals surface area contributed by atoms with Gasteiger partial charge in [-0.3, -0.25) is 4.79 Å². The fourth-order valence-electron chi connectivity index (χ4n) is 1.87. The Morgan fingerprint density at radius 3 is 3.00 bits per heavy atom. The van der Waals surface area contributed by atoms with Gasteiger partial charge in [-0.25, -0.2) is 0 Å². The Kier molecular flexibility index (Phi) is 4.06. The van der Waals surface area contributed by atoms with Crippen molar-refractivity contribution in [1.82, 2.24) is 13.7 Å². The fraction of sp³-hybridized carbons (Fsp3) is 0.0769. The van der Waals surface area contributed by atoms with Gasteiger partial charge in [0.15, 0.2) is 6.61 Å². The molecule has 0 saturated carbocycles. The number of hydrogen-bond acceptors (Lipinski definition) is 8. The minimum absolute atomic E-state index is 0.0683. The van der Waals surface area contributed by atoms with Gasteiger partial charge in [0.2, 0.25) is 5.75 Å². The molecular weight excluding hydrogens is 322 g/mol. The molecule has 2 heterocycles. The average Bonchev–Trinajstić information content (AvgIpc) is 3.03. The largest absolute Gasteiger partial charge is 0.476 e. The van der Waals surface area contributed by atoms with Crippen molar-refractivity contribution in [1.29, 1.82) is 0 Å². The van der Waals surface area contributed by atoms with Crippen LogP contribution in [-0.4, -0.2) is 31.2 Å². The molecule has 1 N–H and O–H groups in total. The first kappa shape index (κ1) is 14.8. The number of ether oxygens (including phenoxy) is 1. The number of amides is 1. The van der Waals surface area contributed by atoms with Gasteiger partial charge in [0.25, 0.3) is 5.91 Å². The predicted molar refractivity (Wildman–Crippen MR) is 82.4 cm³/mol. The van der Waals surface area contributed by atoms with E-state index in [4.69, 9.17) is 4.74 Å². The number of hydrogen-bond donors (Lipinski definition) is 1. The van der Waals surface area contributed by atoms with E-state index in [2.05, 4.69) is 19.0 Å². The zero-order chi connectivity index (χ0) is 16.2. The number of aromatic nitrogens is 3. The minimum atomic E-state index is -0.672. The van der Waals surface area contributed by atoms with E-state index >= 15 is 0 Å². The highest BCUT2D eigenvalue weighted by atomic mass is 32.1. The number of rotatable bonds is 5. The maximum atomic E-state index is 12.0. The molecule has 0 aliphatic rings. The van der Waals surface area contributed by atoms with E-state index in [1.807, 2.05) is 0 Å². The number of benzene rings is 1. The van der Waals surface area contributed by atoms with Crippen molar-refractivity contribution < 1.29 is 14.5 Å². The van der Waals surface area contributed by atoms with Crippen LogP contribution in [0.2, 0.25) is 0 Å². The highest BCUT2D eigenvalue weighted by molar-refractivity contribution is 7.00. The van der Waals surface area contributed by atoms with Crippen LogP contribution in [0.1, 0.15) is 0 Å². The fourth-order valence-corrected chi connectivity index (χ4v) is 2.42. The highest BCUT2D eigenvalue weighted by Crippen LogP contribution is 2.23. The van der Waals surface area contributed by atoms with Crippen molar-refractivity contribution in [2.45, 2.75) is 0 Å². The number of carbonyl (C=O) groups is 1. The van der Waals surface area contributed by atoms with Crippen molar-refractivity contribution in [2.24, 2.45) is 0 Å². The van der Waals surface area contributed by atoms with Gasteiger partial charge in [0, 0.05) is 0 Å². The first-order valence-electron chi connectivity index (χ1n) is 6.38. The van der Waals surface area contributed by atoms with Gasteiger partial charge >= 0.3 is 5.82 Å². The predicted octanol–water partition coefficient (Wildman–Crippen LogP) is 2.01. The third-order valence-corrected chi connectivity index (χ3v) is 3.39. The van der Waals surface area contributed by atoms with Crippen LogP contribution in [0.3, 0.4) is 0 Å². The molecule has 1 amide bonds. The number of nitro groups is 1. The van der Waals surface area contributed by atoms with E-state index in [-0.39, 0.29) is 12.4 Å². The molecule has 2 aromatic heterocycles. The minimum Gasteiger partial charge on any atom is -0.476 e. The van der Waals surface area contributed by atoms with E-state index in [1.165, 1.54) is 18.3 Å². The van der Waals surface area contributed by atoms with Crippen LogP contribution >= 0.6 is 11.7 Å². The second kappa shape index (κ2) is 6.32. The lowest BCUT2D eigenvalue weighted by Crippen LogP contribution is -2.20. The van der Waals surface area contributed by atoms with Gasteiger partial charge in [-0.1, -0.05) is 6.07 Å². The molecule has 9 nitrogen and oxygen atoms in total. The maximum absolute atomic E-state index is 12.0. The number of fused-ring (bicyclic) bond motifs is 1. The number of pyridine rings is 1. The Hall–Kier alpha value is -3.14. The molecule has 1 aromatic carbocycles. The summed E-state index contributed by atoms with van der Waals surface area (Å²) in [7, 11) is 0. The summed E-state index contributed by atoms with van der Waals surface area (Å²) in [6, 6.07) is 8.08. The summed E-state index contributed by atoms with van der Waals surface area (Å²) in [5, 5.41) is 13.5. The van der Waals surface area contributed by atoms with Crippen LogP contribution < -0.4 is 10.1 Å². The molecule has 3 rings (SSSR count). The second-order valence-corrected chi connectivity index (χ2v) is 4.89. The van der Waals surface area contributed by atoms with Gasteiger partial charge in [-0.15, -0.1) is 0 Å². The second-order valence-electron chi connectivity index (χ2n) is 4.36. The van der Waals surface area contributed by atoms with Crippen molar-refractivity contribution in [3.63, 3.8) is 0 Å². The molecular formula is C13H9N5O4S. The summed E-state index contributed by atoms with van der Waals surface area (Å²) >= 11 is 1.04. The third kappa shape index (κ3) is 3.21.